The number of nitrogens with zero attached hydrogens (tertiary/aromatic N) is 4. The maximum absolute atomic E-state index is 12.1. The van der Waals surface area contributed by atoms with Crippen molar-refractivity contribution in [1.82, 2.24) is 14.9 Å². The Balaban J connectivity index is 1.97. The lowest BCUT2D eigenvalue weighted by atomic mass is 10.1. The fourth-order valence-electron chi connectivity index (χ4n) is 2.79. The lowest BCUT2D eigenvalue weighted by Gasteiger charge is -2.22. The minimum atomic E-state index is -0.00316. The summed E-state index contributed by atoms with van der Waals surface area (Å²) in [6.45, 7) is 8.56. The Bertz CT molecular complexity index is 521. The second kappa shape index (κ2) is 8.13. The van der Waals surface area contributed by atoms with Crippen molar-refractivity contribution >= 4 is 11.7 Å². The first-order valence-corrected chi connectivity index (χ1v) is 8.47. The van der Waals surface area contributed by atoms with Crippen molar-refractivity contribution in [3.05, 3.63) is 12.4 Å². The van der Waals surface area contributed by atoms with Gasteiger partial charge in [-0.1, -0.05) is 20.8 Å². The van der Waals surface area contributed by atoms with Gasteiger partial charge in [-0.25, -0.2) is 9.97 Å². The molecule has 2 heterocycles. The highest BCUT2D eigenvalue weighted by Crippen LogP contribution is 2.25. The molecule has 6 heteroatoms. The predicted octanol–water partition coefficient (Wildman–Crippen LogP) is 2.35. The normalized spacial score (nSPS) is 17.6. The highest BCUT2D eigenvalue weighted by Gasteiger charge is 2.29. The number of ether oxygens (including phenoxy) is 1. The van der Waals surface area contributed by atoms with E-state index in [9.17, 15) is 4.79 Å². The maximum atomic E-state index is 12.1. The zero-order chi connectivity index (χ0) is 16.8. The number of amides is 1. The molecule has 1 unspecified atom stereocenters. The van der Waals surface area contributed by atoms with Gasteiger partial charge in [0, 0.05) is 45.4 Å². The van der Waals surface area contributed by atoms with Crippen molar-refractivity contribution in [1.29, 1.82) is 0 Å². The van der Waals surface area contributed by atoms with Gasteiger partial charge >= 0.3 is 0 Å². The first-order valence-electron chi connectivity index (χ1n) is 8.47. The molecular weight excluding hydrogens is 292 g/mol. The summed E-state index contributed by atoms with van der Waals surface area (Å²) < 4.78 is 6.05. The van der Waals surface area contributed by atoms with E-state index in [1.54, 1.807) is 12.4 Å². The van der Waals surface area contributed by atoms with Crippen molar-refractivity contribution in [3.63, 3.8) is 0 Å². The second-order valence-electron chi connectivity index (χ2n) is 6.57. The Morgan fingerprint density at radius 3 is 2.87 bits per heavy atom. The molecule has 1 aromatic rings. The zero-order valence-electron chi connectivity index (χ0n) is 14.7. The Morgan fingerprint density at radius 2 is 2.17 bits per heavy atom. The Kier molecular flexibility index (Phi) is 6.19. The molecule has 6 nitrogen and oxygen atoms in total. The van der Waals surface area contributed by atoms with Crippen LogP contribution in [0.4, 0.5) is 5.82 Å². The average Bonchev–Trinajstić information content (AvgIpc) is 2.96. The van der Waals surface area contributed by atoms with Crippen molar-refractivity contribution in [2.75, 3.05) is 31.6 Å². The van der Waals surface area contributed by atoms with Gasteiger partial charge in [-0.15, -0.1) is 0 Å². The molecule has 2 rings (SSSR count). The van der Waals surface area contributed by atoms with E-state index < -0.39 is 0 Å². The summed E-state index contributed by atoms with van der Waals surface area (Å²) >= 11 is 0. The van der Waals surface area contributed by atoms with Crippen LogP contribution in [0.25, 0.3) is 0 Å². The average molecular weight is 320 g/mol. The van der Waals surface area contributed by atoms with Crippen molar-refractivity contribution in [3.8, 4) is 5.88 Å². The number of likely N-dealkylation sites (tertiary alicyclic amines) is 1. The number of hydrogen-bond donors (Lipinski definition) is 0. The number of carbonyl (C=O) groups is 1. The number of hydrogen-bond acceptors (Lipinski definition) is 5. The quantitative estimate of drug-likeness (QED) is 0.772. The van der Waals surface area contributed by atoms with E-state index in [0.29, 0.717) is 24.8 Å². The summed E-state index contributed by atoms with van der Waals surface area (Å²) in [6, 6.07) is 0. The van der Waals surface area contributed by atoms with Crippen LogP contribution in [0.5, 0.6) is 5.88 Å². The largest absolute Gasteiger partial charge is 0.470 e. The molecule has 0 radical (unpaired) electrons. The number of aromatic nitrogens is 2. The minimum absolute atomic E-state index is 0.00316. The van der Waals surface area contributed by atoms with Crippen LogP contribution in [0, 0.1) is 5.92 Å². The summed E-state index contributed by atoms with van der Waals surface area (Å²) in [6.07, 6.45) is 5.81. The molecule has 1 fully saturated rings. The van der Waals surface area contributed by atoms with E-state index in [2.05, 4.69) is 35.6 Å². The molecule has 23 heavy (non-hydrogen) atoms. The first-order chi connectivity index (χ1) is 11.0. The molecule has 1 aromatic heterocycles. The molecule has 0 aromatic carbocycles. The monoisotopic (exact) mass is 320 g/mol. The van der Waals surface area contributed by atoms with Crippen LogP contribution in [0.3, 0.4) is 0 Å². The molecule has 0 N–H and O–H groups in total. The molecule has 0 aliphatic carbocycles. The molecule has 0 saturated carbocycles. The van der Waals surface area contributed by atoms with Gasteiger partial charge in [-0.05, 0) is 12.3 Å². The third kappa shape index (κ3) is 4.81. The summed E-state index contributed by atoms with van der Waals surface area (Å²) in [5.41, 5.74) is 0. The van der Waals surface area contributed by atoms with Crippen molar-refractivity contribution in [2.24, 2.45) is 5.92 Å². The fourth-order valence-corrected chi connectivity index (χ4v) is 2.79. The summed E-state index contributed by atoms with van der Waals surface area (Å²) in [7, 11) is 1.99. The topological polar surface area (TPSA) is 58.6 Å². The third-order valence-corrected chi connectivity index (χ3v) is 3.93. The van der Waals surface area contributed by atoms with E-state index in [4.69, 9.17) is 4.74 Å². The van der Waals surface area contributed by atoms with Crippen LogP contribution in [0.1, 0.15) is 40.0 Å². The Hall–Kier alpha value is -1.85. The molecule has 1 atom stereocenters. The van der Waals surface area contributed by atoms with E-state index in [0.717, 1.165) is 31.7 Å². The molecule has 0 spiro atoms. The Labute approximate surface area is 138 Å². The van der Waals surface area contributed by atoms with Gasteiger partial charge in [-0.2, -0.15) is 0 Å². The minimum Gasteiger partial charge on any atom is -0.470 e. The molecule has 1 amide bonds. The molecule has 128 valence electrons. The molecule has 1 saturated heterocycles. The number of carbonyl (C=O) groups excluding carboxylic acids is 1. The highest BCUT2D eigenvalue weighted by molar-refractivity contribution is 5.76. The van der Waals surface area contributed by atoms with Gasteiger partial charge < -0.3 is 14.5 Å². The van der Waals surface area contributed by atoms with Crippen LogP contribution in [0.15, 0.2) is 12.4 Å². The molecule has 0 bridgehead atoms. The van der Waals surface area contributed by atoms with Crippen LogP contribution in [-0.2, 0) is 4.79 Å². The van der Waals surface area contributed by atoms with Gasteiger partial charge in [0.05, 0.1) is 6.54 Å². The maximum Gasteiger partial charge on any atom is 0.257 e. The van der Waals surface area contributed by atoms with Crippen LogP contribution in [0.2, 0.25) is 0 Å². The number of rotatable bonds is 7. The van der Waals surface area contributed by atoms with Crippen molar-refractivity contribution in [2.45, 2.75) is 46.1 Å². The second-order valence-corrected chi connectivity index (χ2v) is 6.57. The van der Waals surface area contributed by atoms with Crippen LogP contribution in [-0.4, -0.2) is 53.6 Å². The van der Waals surface area contributed by atoms with Gasteiger partial charge in [0.25, 0.3) is 5.88 Å². The standard InChI is InChI=1S/C17H28N4O2/c1-5-9-20(4)16-17(19-8-7-18-16)23-14-6-10-21(12-14)15(22)11-13(2)3/h7-8,13-14H,5-6,9-12H2,1-4H3. The van der Waals surface area contributed by atoms with Crippen LogP contribution < -0.4 is 9.64 Å². The first kappa shape index (κ1) is 17.5. The van der Waals surface area contributed by atoms with Gasteiger partial charge in [0.2, 0.25) is 5.91 Å². The highest BCUT2D eigenvalue weighted by atomic mass is 16.5. The lowest BCUT2D eigenvalue weighted by Crippen LogP contribution is -2.32. The van der Waals surface area contributed by atoms with Gasteiger partial charge in [0.15, 0.2) is 5.82 Å². The molecule has 1 aliphatic rings. The third-order valence-electron chi connectivity index (χ3n) is 3.93. The van der Waals surface area contributed by atoms with E-state index >= 15 is 0 Å². The van der Waals surface area contributed by atoms with Crippen molar-refractivity contribution < 1.29 is 9.53 Å². The van der Waals surface area contributed by atoms with Gasteiger partial charge in [-0.3, -0.25) is 4.79 Å². The van der Waals surface area contributed by atoms with E-state index in [1.165, 1.54) is 0 Å². The molecule has 1 aliphatic heterocycles. The number of anilines is 1. The van der Waals surface area contributed by atoms with Crippen LogP contribution >= 0.6 is 0 Å². The zero-order valence-corrected chi connectivity index (χ0v) is 14.7. The predicted molar refractivity (Wildman–Crippen MR) is 90.7 cm³/mol. The summed E-state index contributed by atoms with van der Waals surface area (Å²) in [5.74, 6) is 1.93. The SMILES string of the molecule is CCCN(C)c1nccnc1OC1CCN(C(=O)CC(C)C)C1. The summed E-state index contributed by atoms with van der Waals surface area (Å²) in [5, 5.41) is 0. The summed E-state index contributed by atoms with van der Waals surface area (Å²) in [4.78, 5) is 24.8. The Morgan fingerprint density at radius 1 is 1.43 bits per heavy atom. The van der Waals surface area contributed by atoms with Gasteiger partial charge in [0.1, 0.15) is 6.10 Å². The molecular formula is C17H28N4O2. The van der Waals surface area contributed by atoms with E-state index in [1.807, 2.05) is 11.9 Å². The smallest absolute Gasteiger partial charge is 0.257 e. The fraction of sp³-hybridized carbons (Fsp3) is 0.706. The van der Waals surface area contributed by atoms with E-state index in [-0.39, 0.29) is 12.0 Å². The lowest BCUT2D eigenvalue weighted by molar-refractivity contribution is -0.131.